The minimum absolute atomic E-state index is 0.0200. The molecule has 0 spiro atoms. The van der Waals surface area contributed by atoms with E-state index < -0.39 is 0 Å². The summed E-state index contributed by atoms with van der Waals surface area (Å²) in [5.41, 5.74) is 20.4. The molecule has 63 heavy (non-hydrogen) atoms. The second-order valence-electron chi connectivity index (χ2n) is 22.4. The van der Waals surface area contributed by atoms with Crippen LogP contribution < -0.4 is 15.7 Å². The number of nitrogens with zero attached hydrogens (tertiary/aromatic N) is 2. The largest absolute Gasteiger partial charge is 0.456 e. The van der Waals surface area contributed by atoms with Crippen LogP contribution in [-0.4, -0.2) is 11.4 Å². The molecule has 3 aromatic heterocycles. The highest BCUT2D eigenvalue weighted by Crippen LogP contribution is 2.54. The Morgan fingerprint density at radius 2 is 1.19 bits per heavy atom. The van der Waals surface area contributed by atoms with E-state index in [0.717, 1.165) is 62.7 Å². The molecule has 10 aromatic rings. The molecule has 1 aliphatic carbocycles. The van der Waals surface area contributed by atoms with Gasteiger partial charge in [0.25, 0.3) is 0 Å². The number of hydrogen-bond acceptors (Lipinski definition) is 3. The number of para-hydroxylation sites is 2. The first-order valence-electron chi connectivity index (χ1n) is 23.0. The Morgan fingerprint density at radius 3 is 1.89 bits per heavy atom. The van der Waals surface area contributed by atoms with Crippen molar-refractivity contribution in [2.24, 2.45) is 0 Å². The van der Waals surface area contributed by atoms with E-state index in [4.69, 9.17) is 8.83 Å². The molecule has 0 amide bonds. The average molecular weight is 821 g/mol. The molecule has 4 nitrogen and oxygen atoms in total. The normalized spacial score (nSPS) is 16.5. The highest BCUT2D eigenvalue weighted by atomic mass is 16.3. The van der Waals surface area contributed by atoms with E-state index in [1.54, 1.807) is 0 Å². The van der Waals surface area contributed by atoms with Crippen molar-refractivity contribution in [1.82, 2.24) is 4.57 Å². The molecule has 5 heteroatoms. The lowest BCUT2D eigenvalue weighted by Gasteiger charge is -2.45. The van der Waals surface area contributed by atoms with Crippen LogP contribution in [0.1, 0.15) is 104 Å². The SMILES string of the molecule is CC(C)(C)c1ccc(N2B3c4cc5c(cc4-n4c6ccc(C(C)(C)C)cc6c6c7c(oc8ccccc87)c(c3c64)-c3cc4c(cc32)oc2ccccc24)C(C)(C)CCC5(C)C)cc1. The maximum atomic E-state index is 7.31. The molecule has 0 saturated carbocycles. The van der Waals surface area contributed by atoms with Crippen molar-refractivity contribution in [3.8, 4) is 16.8 Å². The zero-order valence-corrected chi connectivity index (χ0v) is 38.2. The molecule has 0 atom stereocenters. The third kappa shape index (κ3) is 4.89. The van der Waals surface area contributed by atoms with E-state index in [2.05, 4.69) is 194 Å². The molecule has 0 fully saturated rings. The highest BCUT2D eigenvalue weighted by molar-refractivity contribution is 6.94. The first-order chi connectivity index (χ1) is 30.0. The summed E-state index contributed by atoms with van der Waals surface area (Å²) in [6.07, 6.45) is 2.30. The highest BCUT2D eigenvalue weighted by Gasteiger charge is 2.48. The van der Waals surface area contributed by atoms with E-state index >= 15 is 0 Å². The summed E-state index contributed by atoms with van der Waals surface area (Å²) in [5, 5.41) is 7.16. The molecule has 13 rings (SSSR count). The molecular formula is C58H53BN2O2. The molecule has 310 valence electrons. The summed E-state index contributed by atoms with van der Waals surface area (Å²) in [6, 6.07) is 43.8. The number of rotatable bonds is 1. The maximum absolute atomic E-state index is 7.31. The predicted octanol–water partition coefficient (Wildman–Crippen LogP) is 14.8. The molecule has 0 N–H and O–H groups in total. The van der Waals surface area contributed by atoms with Gasteiger partial charge in [-0.2, -0.15) is 0 Å². The molecule has 7 aromatic carbocycles. The van der Waals surface area contributed by atoms with Crippen LogP contribution in [0.2, 0.25) is 0 Å². The van der Waals surface area contributed by atoms with Gasteiger partial charge >= 0.3 is 6.85 Å². The summed E-state index contributed by atoms with van der Waals surface area (Å²) in [5.74, 6) is 0. The number of anilines is 2. The minimum atomic E-state index is -0.157. The molecule has 3 aliphatic rings. The van der Waals surface area contributed by atoms with Crippen LogP contribution in [0.4, 0.5) is 11.4 Å². The van der Waals surface area contributed by atoms with E-state index in [-0.39, 0.29) is 28.5 Å². The summed E-state index contributed by atoms with van der Waals surface area (Å²) in [7, 11) is 0. The van der Waals surface area contributed by atoms with Crippen LogP contribution in [0.15, 0.2) is 124 Å². The lowest BCUT2D eigenvalue weighted by Crippen LogP contribution is -2.61. The zero-order valence-electron chi connectivity index (χ0n) is 38.2. The van der Waals surface area contributed by atoms with Gasteiger partial charge in [-0.25, -0.2) is 0 Å². The summed E-state index contributed by atoms with van der Waals surface area (Å²) < 4.78 is 16.7. The van der Waals surface area contributed by atoms with E-state index in [9.17, 15) is 0 Å². The second-order valence-corrected chi connectivity index (χ2v) is 22.4. The Hall–Kier alpha value is -6.20. The van der Waals surface area contributed by atoms with Crippen molar-refractivity contribution in [2.45, 2.75) is 104 Å². The zero-order chi connectivity index (χ0) is 43.3. The molecule has 0 bridgehead atoms. The summed E-state index contributed by atoms with van der Waals surface area (Å²) in [4.78, 5) is 2.65. The Labute approximate surface area is 369 Å². The van der Waals surface area contributed by atoms with Crippen LogP contribution >= 0.6 is 0 Å². The fraction of sp³-hybridized carbons (Fsp3) is 0.276. The first kappa shape index (κ1) is 37.4. The predicted molar refractivity (Wildman–Crippen MR) is 267 cm³/mol. The monoisotopic (exact) mass is 820 g/mol. The number of aromatic nitrogens is 1. The topological polar surface area (TPSA) is 34.5 Å². The van der Waals surface area contributed by atoms with Crippen LogP contribution in [0.3, 0.4) is 0 Å². The molecule has 0 saturated heterocycles. The van der Waals surface area contributed by atoms with Crippen molar-refractivity contribution < 1.29 is 8.83 Å². The van der Waals surface area contributed by atoms with Gasteiger partial charge in [0.15, 0.2) is 0 Å². The van der Waals surface area contributed by atoms with Gasteiger partial charge < -0.3 is 18.2 Å². The van der Waals surface area contributed by atoms with Crippen LogP contribution in [0.25, 0.3) is 82.5 Å². The van der Waals surface area contributed by atoms with Crippen LogP contribution in [-0.2, 0) is 21.7 Å². The second kappa shape index (κ2) is 11.9. The maximum Gasteiger partial charge on any atom is 0.333 e. The third-order valence-electron chi connectivity index (χ3n) is 15.5. The van der Waals surface area contributed by atoms with Gasteiger partial charge in [-0.05, 0) is 116 Å². The van der Waals surface area contributed by atoms with Gasteiger partial charge in [0.05, 0.1) is 11.0 Å². The number of furan rings is 2. The quantitative estimate of drug-likeness (QED) is 0.155. The van der Waals surface area contributed by atoms with Gasteiger partial charge in [0.2, 0.25) is 0 Å². The molecule has 0 unspecified atom stereocenters. The number of hydrogen-bond donors (Lipinski definition) is 0. The average Bonchev–Trinajstić information content (AvgIpc) is 3.92. The first-order valence-corrected chi connectivity index (χ1v) is 23.0. The number of benzene rings is 7. The van der Waals surface area contributed by atoms with Crippen molar-refractivity contribution in [3.05, 3.63) is 138 Å². The van der Waals surface area contributed by atoms with Gasteiger partial charge in [-0.15, -0.1) is 0 Å². The molecule has 0 radical (unpaired) electrons. The lowest BCUT2D eigenvalue weighted by atomic mass is 9.43. The van der Waals surface area contributed by atoms with Crippen LogP contribution in [0, 0.1) is 0 Å². The lowest BCUT2D eigenvalue weighted by molar-refractivity contribution is 0.332. The van der Waals surface area contributed by atoms with Crippen molar-refractivity contribution in [3.63, 3.8) is 0 Å². The van der Waals surface area contributed by atoms with Crippen molar-refractivity contribution in [1.29, 1.82) is 0 Å². The Bertz CT molecular complexity index is 3650. The minimum Gasteiger partial charge on any atom is -0.456 e. The molecular weight excluding hydrogens is 767 g/mol. The van der Waals surface area contributed by atoms with E-state index in [0.29, 0.717) is 0 Å². The Kier molecular flexibility index (Phi) is 7.04. The fourth-order valence-electron chi connectivity index (χ4n) is 11.9. The fourth-order valence-corrected chi connectivity index (χ4v) is 11.9. The van der Waals surface area contributed by atoms with Crippen molar-refractivity contribution in [2.75, 3.05) is 4.81 Å². The van der Waals surface area contributed by atoms with Gasteiger partial charge in [-0.1, -0.05) is 130 Å². The van der Waals surface area contributed by atoms with Gasteiger partial charge in [0.1, 0.15) is 22.3 Å². The van der Waals surface area contributed by atoms with Gasteiger partial charge in [-0.3, -0.25) is 0 Å². The summed E-state index contributed by atoms with van der Waals surface area (Å²) >= 11 is 0. The summed E-state index contributed by atoms with van der Waals surface area (Å²) in [6.45, 7) is 23.6. The van der Waals surface area contributed by atoms with E-state index in [1.807, 2.05) is 0 Å². The Balaban J connectivity index is 1.29. The van der Waals surface area contributed by atoms with Crippen LogP contribution in [0.5, 0.6) is 0 Å². The smallest absolute Gasteiger partial charge is 0.333 e. The standard InChI is InChI=1S/C58H53BN2O2/c1-55(2,3)32-19-22-34(23-20-32)61-44-31-48-37(35-15-11-13-17-46(35)62-48)28-39(44)51-52-53-49(50-36-16-12-14-18-47(36)63-54(50)51)38-27-33(56(4,5)6)21-24-43(38)60(53)45-30-41-40(29-42(45)59(52)61)57(7,8)25-26-58(41,9)10/h11-24,27-31H,25-26H2,1-10H3. The molecule has 5 heterocycles. The van der Waals surface area contributed by atoms with Crippen molar-refractivity contribution >= 4 is 94.8 Å². The Morgan fingerprint density at radius 1 is 0.556 bits per heavy atom. The third-order valence-corrected chi connectivity index (χ3v) is 15.5. The van der Waals surface area contributed by atoms with Gasteiger partial charge in [0, 0.05) is 66.6 Å². The van der Waals surface area contributed by atoms with E-state index in [1.165, 1.54) is 77.2 Å². The molecule has 2 aliphatic heterocycles. The number of fused-ring (bicyclic) bond motifs is 17.